The predicted molar refractivity (Wildman–Crippen MR) is 141 cm³/mol. The van der Waals surface area contributed by atoms with Gasteiger partial charge in [-0.2, -0.15) is 0 Å². The third-order valence-corrected chi connectivity index (χ3v) is 6.68. The van der Waals surface area contributed by atoms with E-state index < -0.39 is 11.5 Å². The van der Waals surface area contributed by atoms with Crippen LogP contribution in [0.25, 0.3) is 0 Å². The maximum absolute atomic E-state index is 12.7. The third-order valence-electron chi connectivity index (χ3n) is 6.68. The molecule has 0 aliphatic heterocycles. The lowest BCUT2D eigenvalue weighted by Gasteiger charge is -2.37. The van der Waals surface area contributed by atoms with Gasteiger partial charge in [0, 0.05) is 6.20 Å². The smallest absolute Gasteiger partial charge is 0.149 e. The van der Waals surface area contributed by atoms with Gasteiger partial charge in [0.05, 0.1) is 11.6 Å². The Balaban J connectivity index is 1.81. The number of rotatable bonds is 10. The molecule has 3 atom stereocenters. The van der Waals surface area contributed by atoms with Crippen molar-refractivity contribution in [2.75, 3.05) is 13.1 Å². The topological polar surface area (TPSA) is 45.6 Å². The molecule has 0 bridgehead atoms. The molecule has 0 amide bonds. The third kappa shape index (κ3) is 5.29. The van der Waals surface area contributed by atoms with Gasteiger partial charge in [-0.25, -0.2) is 0 Å². The summed E-state index contributed by atoms with van der Waals surface area (Å²) >= 11 is 0. The Bertz CT molecular complexity index is 1120. The van der Waals surface area contributed by atoms with Gasteiger partial charge in [0.1, 0.15) is 17.6 Å². The number of hydrogen-bond acceptors (Lipinski definition) is 4. The van der Waals surface area contributed by atoms with Crippen molar-refractivity contribution in [3.05, 3.63) is 132 Å². The van der Waals surface area contributed by atoms with Gasteiger partial charge in [0.2, 0.25) is 0 Å². The molecule has 1 heterocycles. The van der Waals surface area contributed by atoms with Crippen molar-refractivity contribution in [2.24, 2.45) is 0 Å². The van der Waals surface area contributed by atoms with Crippen LogP contribution in [0.15, 0.2) is 109 Å². The van der Waals surface area contributed by atoms with Crippen molar-refractivity contribution in [1.29, 1.82) is 0 Å². The zero-order chi connectivity index (χ0) is 24.7. The molecule has 35 heavy (non-hydrogen) atoms. The predicted octanol–water partition coefficient (Wildman–Crippen LogP) is 6.22. The lowest BCUT2D eigenvalue weighted by atomic mass is 9.71. The Morgan fingerprint density at radius 3 is 1.91 bits per heavy atom. The van der Waals surface area contributed by atoms with E-state index in [1.54, 1.807) is 6.20 Å². The van der Waals surface area contributed by atoms with Crippen molar-refractivity contribution in [3.63, 3.8) is 0 Å². The molecule has 0 aliphatic rings. The average Bonchev–Trinajstić information content (AvgIpc) is 2.91. The van der Waals surface area contributed by atoms with Gasteiger partial charge in [0.15, 0.2) is 0 Å². The summed E-state index contributed by atoms with van der Waals surface area (Å²) in [6, 6.07) is 33.6. The van der Waals surface area contributed by atoms with Crippen LogP contribution in [0.2, 0.25) is 0 Å². The summed E-state index contributed by atoms with van der Waals surface area (Å²) in [5.74, 6) is 0.367. The molecular formula is C31H34N2O2. The van der Waals surface area contributed by atoms with Crippen molar-refractivity contribution < 1.29 is 9.84 Å². The molecule has 3 unspecified atom stereocenters. The lowest BCUT2D eigenvalue weighted by Crippen LogP contribution is -2.37. The van der Waals surface area contributed by atoms with Crippen molar-refractivity contribution in [2.45, 2.75) is 38.5 Å². The van der Waals surface area contributed by atoms with Gasteiger partial charge in [-0.05, 0) is 61.0 Å². The van der Waals surface area contributed by atoms with E-state index in [-0.39, 0.29) is 6.23 Å². The van der Waals surface area contributed by atoms with E-state index >= 15 is 0 Å². The van der Waals surface area contributed by atoms with E-state index in [9.17, 15) is 5.11 Å². The molecule has 4 rings (SSSR count). The van der Waals surface area contributed by atoms with Gasteiger partial charge in [-0.3, -0.25) is 9.88 Å². The minimum Gasteiger partial charge on any atom is -0.475 e. The number of aromatic nitrogens is 1. The Kier molecular flexibility index (Phi) is 7.96. The summed E-state index contributed by atoms with van der Waals surface area (Å²) in [5, 5.41) is 12.7. The average molecular weight is 467 g/mol. The zero-order valence-corrected chi connectivity index (χ0v) is 20.7. The summed E-state index contributed by atoms with van der Waals surface area (Å²) in [6.07, 6.45) is 1.75. The Morgan fingerprint density at radius 2 is 1.34 bits per heavy atom. The first-order valence-electron chi connectivity index (χ1n) is 12.3. The number of nitrogens with zero attached hydrogens (tertiary/aromatic N) is 2. The summed E-state index contributed by atoms with van der Waals surface area (Å²) in [5.41, 5.74) is 2.05. The molecule has 0 saturated carbocycles. The van der Waals surface area contributed by atoms with E-state index in [0.29, 0.717) is 0 Å². The summed E-state index contributed by atoms with van der Waals surface area (Å²) in [6.45, 7) is 8.17. The second-order valence-electron chi connectivity index (χ2n) is 8.69. The molecule has 0 fully saturated rings. The minimum absolute atomic E-state index is 0.0329. The molecular weight excluding hydrogens is 432 g/mol. The SMILES string of the molecule is CCN(CC)C(C)Oc1ccc(C(O)(c2ccccc2)C(c2ccccc2)c2ccccn2)cc1. The van der Waals surface area contributed by atoms with Crippen LogP contribution in [0, 0.1) is 0 Å². The maximum atomic E-state index is 12.7. The Morgan fingerprint density at radius 1 is 0.771 bits per heavy atom. The van der Waals surface area contributed by atoms with E-state index in [1.807, 2.05) is 91.0 Å². The van der Waals surface area contributed by atoms with E-state index in [1.165, 1.54) is 0 Å². The molecule has 0 radical (unpaired) electrons. The molecule has 0 spiro atoms. The van der Waals surface area contributed by atoms with Crippen molar-refractivity contribution in [1.82, 2.24) is 9.88 Å². The fraction of sp³-hybridized carbons (Fsp3) is 0.258. The van der Waals surface area contributed by atoms with Crippen molar-refractivity contribution in [3.8, 4) is 5.75 Å². The summed E-state index contributed by atoms with van der Waals surface area (Å²) in [7, 11) is 0. The first-order valence-corrected chi connectivity index (χ1v) is 12.3. The molecule has 4 heteroatoms. The normalized spacial score (nSPS) is 14.8. The first kappa shape index (κ1) is 24.6. The molecule has 1 aromatic heterocycles. The quantitative estimate of drug-likeness (QED) is 0.282. The zero-order valence-electron chi connectivity index (χ0n) is 20.7. The number of hydrogen-bond donors (Lipinski definition) is 1. The Labute approximate surface area is 208 Å². The van der Waals surface area contributed by atoms with Crippen LogP contribution in [0.3, 0.4) is 0 Å². The second-order valence-corrected chi connectivity index (χ2v) is 8.69. The standard InChI is InChI=1S/C31H34N2O2/c1-4-33(5-2)24(3)35-28-21-19-27(20-22-28)31(34,26-16-10-7-11-17-26)30(25-14-8-6-9-15-25)29-18-12-13-23-32-29/h6-24,30,34H,4-5H2,1-3H3. The van der Waals surface area contributed by atoms with Crippen LogP contribution in [0.5, 0.6) is 5.75 Å². The highest BCUT2D eigenvalue weighted by molar-refractivity contribution is 5.47. The van der Waals surface area contributed by atoms with Crippen LogP contribution in [-0.2, 0) is 5.60 Å². The highest BCUT2D eigenvalue weighted by Gasteiger charge is 2.43. The first-order chi connectivity index (χ1) is 17.1. The summed E-state index contributed by atoms with van der Waals surface area (Å²) in [4.78, 5) is 6.93. The lowest BCUT2D eigenvalue weighted by molar-refractivity contribution is 0.0474. The molecule has 0 saturated heterocycles. The van der Waals surface area contributed by atoms with Crippen LogP contribution in [0.1, 0.15) is 49.1 Å². The van der Waals surface area contributed by atoms with Crippen LogP contribution < -0.4 is 4.74 Å². The van der Waals surface area contributed by atoms with Gasteiger partial charge >= 0.3 is 0 Å². The Hall–Kier alpha value is -3.47. The molecule has 4 aromatic rings. The highest BCUT2D eigenvalue weighted by atomic mass is 16.5. The molecule has 1 N–H and O–H groups in total. The largest absolute Gasteiger partial charge is 0.475 e. The molecule has 180 valence electrons. The maximum Gasteiger partial charge on any atom is 0.149 e. The molecule has 4 nitrogen and oxygen atoms in total. The van der Waals surface area contributed by atoms with Crippen molar-refractivity contribution >= 4 is 0 Å². The van der Waals surface area contributed by atoms with Gasteiger partial charge < -0.3 is 9.84 Å². The highest BCUT2D eigenvalue weighted by Crippen LogP contribution is 2.46. The second kappa shape index (κ2) is 11.3. The number of benzene rings is 3. The van der Waals surface area contributed by atoms with Crippen LogP contribution >= 0.6 is 0 Å². The minimum atomic E-state index is -1.35. The van der Waals surface area contributed by atoms with Gasteiger partial charge in [-0.15, -0.1) is 0 Å². The monoisotopic (exact) mass is 466 g/mol. The van der Waals surface area contributed by atoms with E-state index in [2.05, 4.69) is 42.8 Å². The van der Waals surface area contributed by atoms with Gasteiger partial charge in [0.25, 0.3) is 0 Å². The molecule has 3 aromatic carbocycles. The number of aliphatic hydroxyl groups is 1. The van der Waals surface area contributed by atoms with Crippen LogP contribution in [-0.4, -0.2) is 34.3 Å². The fourth-order valence-electron chi connectivity index (χ4n) is 4.81. The van der Waals surface area contributed by atoms with Gasteiger partial charge in [-0.1, -0.05) is 92.7 Å². The van der Waals surface area contributed by atoms with E-state index in [4.69, 9.17) is 4.74 Å². The summed E-state index contributed by atoms with van der Waals surface area (Å²) < 4.78 is 6.19. The molecule has 0 aliphatic carbocycles. The van der Waals surface area contributed by atoms with E-state index in [0.717, 1.165) is 41.2 Å². The number of ether oxygens (including phenoxy) is 1. The van der Waals surface area contributed by atoms with Crippen LogP contribution in [0.4, 0.5) is 0 Å². The number of pyridine rings is 1. The fourth-order valence-corrected chi connectivity index (χ4v) is 4.81.